The van der Waals surface area contributed by atoms with Crippen LogP contribution in [0.4, 0.5) is 4.39 Å². The molecular formula is C27H33FN2O6. The fourth-order valence-corrected chi connectivity index (χ4v) is 3.92. The van der Waals surface area contributed by atoms with Crippen molar-refractivity contribution >= 4 is 17.8 Å². The Kier molecular flexibility index (Phi) is 7.71. The van der Waals surface area contributed by atoms with Crippen LogP contribution in [0.2, 0.25) is 0 Å². The van der Waals surface area contributed by atoms with Crippen molar-refractivity contribution in [2.45, 2.75) is 71.9 Å². The minimum absolute atomic E-state index is 0.131. The molecule has 1 aliphatic rings. The molecule has 0 saturated carbocycles. The first-order valence-corrected chi connectivity index (χ1v) is 11.8. The molecule has 0 aliphatic heterocycles. The maximum Gasteiger partial charge on any atom is 0.331 e. The molecule has 36 heavy (non-hydrogen) atoms. The van der Waals surface area contributed by atoms with Crippen LogP contribution in [0.5, 0.6) is 11.5 Å². The first-order chi connectivity index (χ1) is 16.7. The highest BCUT2D eigenvalue weighted by atomic mass is 19.1. The Labute approximate surface area is 210 Å². The Bertz CT molecular complexity index is 1170. The monoisotopic (exact) mass is 500 g/mol. The van der Waals surface area contributed by atoms with E-state index in [1.54, 1.807) is 26.8 Å². The molecule has 1 amide bonds. The van der Waals surface area contributed by atoms with Crippen molar-refractivity contribution in [2.24, 2.45) is 5.41 Å². The van der Waals surface area contributed by atoms with E-state index in [0.29, 0.717) is 12.8 Å². The summed E-state index contributed by atoms with van der Waals surface area (Å²) in [7, 11) is 1.38. The average molecular weight is 501 g/mol. The number of nitrogens with one attached hydrogen (secondary N) is 1. The van der Waals surface area contributed by atoms with Gasteiger partial charge >= 0.3 is 11.9 Å². The van der Waals surface area contributed by atoms with E-state index in [9.17, 15) is 18.8 Å². The first kappa shape index (κ1) is 27.1. The fraction of sp³-hybridized carbons (Fsp3) is 0.481. The van der Waals surface area contributed by atoms with Gasteiger partial charge in [0, 0.05) is 18.2 Å². The quantitative estimate of drug-likeness (QED) is 0.588. The lowest BCUT2D eigenvalue weighted by Gasteiger charge is -2.34. The lowest BCUT2D eigenvalue weighted by molar-refractivity contribution is -0.157. The lowest BCUT2D eigenvalue weighted by Crippen LogP contribution is -2.52. The Morgan fingerprint density at radius 1 is 1.08 bits per heavy atom. The summed E-state index contributed by atoms with van der Waals surface area (Å²) >= 11 is 0. The summed E-state index contributed by atoms with van der Waals surface area (Å²) in [5, 5.41) is 2.63. The smallest absolute Gasteiger partial charge is 0.331 e. The van der Waals surface area contributed by atoms with E-state index in [-0.39, 0.29) is 28.9 Å². The predicted molar refractivity (Wildman–Crippen MR) is 130 cm³/mol. The predicted octanol–water partition coefficient (Wildman–Crippen LogP) is 4.35. The third kappa shape index (κ3) is 5.83. The number of carbonyl (C=O) groups excluding carboxylic acids is 3. The number of carbonyl (C=O) groups is 3. The highest BCUT2D eigenvalue weighted by Gasteiger charge is 2.38. The molecule has 194 valence electrons. The van der Waals surface area contributed by atoms with Crippen molar-refractivity contribution in [3.05, 3.63) is 53.1 Å². The number of benzene rings is 1. The van der Waals surface area contributed by atoms with Crippen molar-refractivity contribution in [2.75, 3.05) is 7.11 Å². The summed E-state index contributed by atoms with van der Waals surface area (Å²) in [6.45, 7) is 10.0. The number of halogens is 1. The summed E-state index contributed by atoms with van der Waals surface area (Å²) in [6.07, 6.45) is 2.04. The van der Waals surface area contributed by atoms with Gasteiger partial charge < -0.3 is 19.5 Å². The van der Waals surface area contributed by atoms with Gasteiger partial charge in [-0.2, -0.15) is 0 Å². The van der Waals surface area contributed by atoms with E-state index in [2.05, 4.69) is 10.3 Å². The molecule has 0 saturated heterocycles. The number of amides is 1. The highest BCUT2D eigenvalue weighted by Crippen LogP contribution is 2.35. The molecule has 2 unspecified atom stereocenters. The van der Waals surface area contributed by atoms with Gasteiger partial charge in [0.2, 0.25) is 5.75 Å². The molecule has 1 N–H and O–H groups in total. The molecule has 0 bridgehead atoms. The second-order valence-corrected chi connectivity index (χ2v) is 10.5. The van der Waals surface area contributed by atoms with Gasteiger partial charge in [0.1, 0.15) is 17.5 Å². The SMILES string of the molecule is COc1ccnc(C(=O)NC(C)(C)C(=O)OC2CCc3cc(F)ccc3C2C)c1OC(=O)C(C)(C)C. The van der Waals surface area contributed by atoms with Gasteiger partial charge in [-0.05, 0) is 70.7 Å². The van der Waals surface area contributed by atoms with E-state index in [4.69, 9.17) is 14.2 Å². The Morgan fingerprint density at radius 3 is 2.42 bits per heavy atom. The number of pyridine rings is 1. The van der Waals surface area contributed by atoms with E-state index in [0.717, 1.165) is 11.1 Å². The molecule has 2 aromatic rings. The normalized spacial score (nSPS) is 17.6. The summed E-state index contributed by atoms with van der Waals surface area (Å²) in [5.74, 6) is -2.34. The van der Waals surface area contributed by atoms with Crippen LogP contribution in [-0.4, -0.2) is 41.6 Å². The van der Waals surface area contributed by atoms with Crippen LogP contribution in [0, 0.1) is 11.2 Å². The fourth-order valence-electron chi connectivity index (χ4n) is 3.92. The zero-order chi connectivity index (χ0) is 26.8. The Balaban J connectivity index is 1.77. The van der Waals surface area contributed by atoms with Gasteiger partial charge in [-0.3, -0.25) is 9.59 Å². The van der Waals surface area contributed by atoms with Crippen LogP contribution >= 0.6 is 0 Å². The van der Waals surface area contributed by atoms with Gasteiger partial charge in [-0.1, -0.05) is 13.0 Å². The molecule has 1 heterocycles. The second-order valence-electron chi connectivity index (χ2n) is 10.5. The van der Waals surface area contributed by atoms with E-state index in [1.165, 1.54) is 45.4 Å². The minimum atomic E-state index is -1.42. The average Bonchev–Trinajstić information content (AvgIpc) is 2.79. The van der Waals surface area contributed by atoms with Gasteiger partial charge in [0.15, 0.2) is 11.4 Å². The van der Waals surface area contributed by atoms with Crippen LogP contribution < -0.4 is 14.8 Å². The molecule has 1 aromatic heterocycles. The minimum Gasteiger partial charge on any atom is -0.493 e. The largest absolute Gasteiger partial charge is 0.493 e. The van der Waals surface area contributed by atoms with Crippen molar-refractivity contribution in [1.82, 2.24) is 10.3 Å². The zero-order valence-electron chi connectivity index (χ0n) is 21.7. The molecule has 9 heteroatoms. The maximum absolute atomic E-state index is 13.6. The van der Waals surface area contributed by atoms with Crippen molar-refractivity contribution in [3.63, 3.8) is 0 Å². The van der Waals surface area contributed by atoms with Gasteiger partial charge in [0.05, 0.1) is 12.5 Å². The molecule has 1 aliphatic carbocycles. The third-order valence-electron chi connectivity index (χ3n) is 6.16. The molecule has 0 radical (unpaired) electrons. The van der Waals surface area contributed by atoms with E-state index >= 15 is 0 Å². The topological polar surface area (TPSA) is 104 Å². The molecular weight excluding hydrogens is 467 g/mol. The number of methoxy groups -OCH3 is 1. The molecule has 0 fully saturated rings. The number of aromatic nitrogens is 1. The van der Waals surface area contributed by atoms with E-state index in [1.807, 2.05) is 6.92 Å². The van der Waals surface area contributed by atoms with E-state index < -0.39 is 34.9 Å². The summed E-state index contributed by atoms with van der Waals surface area (Å²) < 4.78 is 30.1. The summed E-state index contributed by atoms with van der Waals surface area (Å²) in [4.78, 5) is 42.8. The van der Waals surface area contributed by atoms with Crippen molar-refractivity contribution in [1.29, 1.82) is 0 Å². The Hall–Kier alpha value is -3.49. The van der Waals surface area contributed by atoms with Crippen LogP contribution in [0.15, 0.2) is 30.5 Å². The summed E-state index contributed by atoms with van der Waals surface area (Å²) in [6, 6.07) is 6.10. The maximum atomic E-state index is 13.6. The number of rotatable bonds is 6. The number of ether oxygens (including phenoxy) is 3. The van der Waals surface area contributed by atoms with Crippen LogP contribution in [0.3, 0.4) is 0 Å². The van der Waals surface area contributed by atoms with Crippen molar-refractivity contribution < 1.29 is 33.0 Å². The highest BCUT2D eigenvalue weighted by molar-refractivity contribution is 5.99. The molecule has 1 aromatic carbocycles. The van der Waals surface area contributed by atoms with Crippen LogP contribution in [0.1, 0.15) is 75.5 Å². The molecule has 8 nitrogen and oxygen atoms in total. The van der Waals surface area contributed by atoms with Crippen molar-refractivity contribution in [3.8, 4) is 11.5 Å². The lowest BCUT2D eigenvalue weighted by atomic mass is 9.81. The summed E-state index contributed by atoms with van der Waals surface area (Å²) in [5.41, 5.74) is -0.610. The molecule has 3 rings (SSSR count). The number of fused-ring (bicyclic) bond motifs is 1. The zero-order valence-corrected chi connectivity index (χ0v) is 21.7. The third-order valence-corrected chi connectivity index (χ3v) is 6.16. The number of hydrogen-bond acceptors (Lipinski definition) is 7. The molecule has 2 atom stereocenters. The number of aryl methyl sites for hydroxylation is 1. The van der Waals surface area contributed by atoms with Crippen LogP contribution in [-0.2, 0) is 20.7 Å². The Morgan fingerprint density at radius 2 is 1.78 bits per heavy atom. The standard InChI is InChI=1S/C27H33FN2O6/c1-15-18-10-9-17(28)14-16(18)8-11-19(15)35-25(33)27(5,6)30-23(31)21-22(20(34-7)12-13-29-21)36-24(32)26(2,3)4/h9-10,12-15,19H,8,11H2,1-7H3,(H,30,31). The van der Waals surface area contributed by atoms with Gasteiger partial charge in [0.25, 0.3) is 5.91 Å². The number of esters is 2. The van der Waals surface area contributed by atoms with Gasteiger partial charge in [-0.25, -0.2) is 14.2 Å². The second kappa shape index (κ2) is 10.2. The first-order valence-electron chi connectivity index (χ1n) is 11.8. The number of hydrogen-bond donors (Lipinski definition) is 1. The number of nitrogens with zero attached hydrogens (tertiary/aromatic N) is 1. The van der Waals surface area contributed by atoms with Gasteiger partial charge in [-0.15, -0.1) is 0 Å². The molecule has 0 spiro atoms. The van der Waals surface area contributed by atoms with Crippen LogP contribution in [0.25, 0.3) is 0 Å².